The maximum Gasteiger partial charge on any atom is 0.227 e. The van der Waals surface area contributed by atoms with Crippen LogP contribution in [0.3, 0.4) is 0 Å². The maximum atomic E-state index is 12.5. The van der Waals surface area contributed by atoms with E-state index < -0.39 is 0 Å². The van der Waals surface area contributed by atoms with Crippen molar-refractivity contribution in [3.05, 3.63) is 65.5 Å². The van der Waals surface area contributed by atoms with Gasteiger partial charge in [-0.2, -0.15) is 11.8 Å². The Morgan fingerprint density at radius 1 is 1.26 bits per heavy atom. The lowest BCUT2D eigenvalue weighted by Gasteiger charge is -2.20. The van der Waals surface area contributed by atoms with E-state index in [2.05, 4.69) is 36.2 Å². The smallest absolute Gasteiger partial charge is 0.227 e. The lowest BCUT2D eigenvalue weighted by molar-refractivity contribution is -0.130. The topological polar surface area (TPSA) is 33.2 Å². The molecule has 0 aliphatic carbocycles. The Balaban J connectivity index is 1.62. The summed E-state index contributed by atoms with van der Waals surface area (Å²) in [7, 11) is 0. The normalized spacial score (nSPS) is 18.5. The highest BCUT2D eigenvalue weighted by Crippen LogP contribution is 2.35. The molecule has 1 aliphatic rings. The van der Waals surface area contributed by atoms with Crippen molar-refractivity contribution in [3.8, 4) is 0 Å². The van der Waals surface area contributed by atoms with Gasteiger partial charge in [-0.05, 0) is 36.1 Å². The van der Waals surface area contributed by atoms with Gasteiger partial charge in [-0.25, -0.2) is 0 Å². The molecule has 0 bridgehead atoms. The Morgan fingerprint density at radius 3 is 2.91 bits per heavy atom. The molecule has 0 spiro atoms. The fourth-order valence-corrected chi connectivity index (χ4v) is 4.33. The highest BCUT2D eigenvalue weighted by atomic mass is 32.2. The van der Waals surface area contributed by atoms with Crippen LogP contribution in [0.4, 0.5) is 0 Å². The summed E-state index contributed by atoms with van der Waals surface area (Å²) in [6, 6.07) is 12.4. The highest BCUT2D eigenvalue weighted by Gasteiger charge is 2.22. The molecule has 120 valence electrons. The first-order valence-electron chi connectivity index (χ1n) is 8.08. The lowest BCUT2D eigenvalue weighted by atomic mass is 10.0. The lowest BCUT2D eigenvalue weighted by Crippen LogP contribution is -2.34. The Labute approximate surface area is 142 Å². The van der Waals surface area contributed by atoms with Crippen molar-refractivity contribution in [2.45, 2.75) is 25.0 Å². The Bertz CT molecular complexity index is 659. The summed E-state index contributed by atoms with van der Waals surface area (Å²) in [4.78, 5) is 18.6. The van der Waals surface area contributed by atoms with Crippen LogP contribution in [-0.4, -0.2) is 34.6 Å². The van der Waals surface area contributed by atoms with Crippen molar-refractivity contribution in [1.29, 1.82) is 0 Å². The van der Waals surface area contributed by atoms with Gasteiger partial charge in [0.1, 0.15) is 0 Å². The van der Waals surface area contributed by atoms with E-state index in [9.17, 15) is 4.79 Å². The molecule has 3 rings (SSSR count). The number of hydrogen-bond donors (Lipinski definition) is 0. The summed E-state index contributed by atoms with van der Waals surface area (Å²) in [5.74, 6) is 1.21. The van der Waals surface area contributed by atoms with E-state index in [0.29, 0.717) is 11.7 Å². The fourth-order valence-electron chi connectivity index (χ4n) is 3.01. The second-order valence-corrected chi connectivity index (χ2v) is 7.23. The number of benzene rings is 1. The number of rotatable bonds is 3. The standard InChI is InChI=1S/C19H22N2OS/c1-15-5-2-3-7-17(15)18-8-10-21(11-12-23-18)19(22)13-16-6-4-9-20-14-16/h2-7,9,14,18H,8,10-13H2,1H3/t18-/m0/s1. The van der Waals surface area contributed by atoms with E-state index in [0.717, 1.165) is 30.8 Å². The molecule has 3 nitrogen and oxygen atoms in total. The maximum absolute atomic E-state index is 12.5. The molecule has 4 heteroatoms. The summed E-state index contributed by atoms with van der Waals surface area (Å²) >= 11 is 1.97. The Hall–Kier alpha value is -1.81. The highest BCUT2D eigenvalue weighted by molar-refractivity contribution is 7.99. The van der Waals surface area contributed by atoms with Gasteiger partial charge >= 0.3 is 0 Å². The minimum absolute atomic E-state index is 0.212. The van der Waals surface area contributed by atoms with Crippen LogP contribution in [0.15, 0.2) is 48.8 Å². The van der Waals surface area contributed by atoms with Crippen molar-refractivity contribution in [3.63, 3.8) is 0 Å². The largest absolute Gasteiger partial charge is 0.342 e. The third kappa shape index (κ3) is 4.14. The molecular formula is C19H22N2OS. The summed E-state index contributed by atoms with van der Waals surface area (Å²) < 4.78 is 0. The van der Waals surface area contributed by atoms with E-state index in [-0.39, 0.29) is 5.91 Å². The van der Waals surface area contributed by atoms with Gasteiger partial charge < -0.3 is 4.90 Å². The van der Waals surface area contributed by atoms with Crippen molar-refractivity contribution >= 4 is 17.7 Å². The predicted octanol–water partition coefficient (Wildman–Crippen LogP) is 3.64. The fraction of sp³-hybridized carbons (Fsp3) is 0.368. The van der Waals surface area contributed by atoms with Gasteiger partial charge in [-0.3, -0.25) is 9.78 Å². The average molecular weight is 326 g/mol. The number of thioether (sulfide) groups is 1. The first-order chi connectivity index (χ1) is 11.2. The predicted molar refractivity (Wildman–Crippen MR) is 95.5 cm³/mol. The summed E-state index contributed by atoms with van der Waals surface area (Å²) in [5, 5.41) is 0.493. The molecule has 23 heavy (non-hydrogen) atoms. The van der Waals surface area contributed by atoms with E-state index in [1.54, 1.807) is 12.4 Å². The van der Waals surface area contributed by atoms with E-state index in [1.807, 2.05) is 28.8 Å². The molecule has 1 aromatic heterocycles. The third-order valence-electron chi connectivity index (χ3n) is 4.31. The number of carbonyl (C=O) groups excluding carboxylic acids is 1. The van der Waals surface area contributed by atoms with Crippen LogP contribution >= 0.6 is 11.8 Å². The molecule has 0 N–H and O–H groups in total. The number of aryl methyl sites for hydroxylation is 1. The van der Waals surface area contributed by atoms with Crippen LogP contribution in [-0.2, 0) is 11.2 Å². The van der Waals surface area contributed by atoms with E-state index in [1.165, 1.54) is 11.1 Å². The van der Waals surface area contributed by atoms with Gasteiger partial charge in [0.2, 0.25) is 5.91 Å². The summed E-state index contributed by atoms with van der Waals surface area (Å²) in [5.41, 5.74) is 3.75. The van der Waals surface area contributed by atoms with Crippen LogP contribution in [0.1, 0.15) is 28.4 Å². The molecule has 2 heterocycles. The number of pyridine rings is 1. The SMILES string of the molecule is Cc1ccccc1[C@@H]1CCN(C(=O)Cc2cccnc2)CCS1. The summed E-state index contributed by atoms with van der Waals surface area (Å²) in [6.45, 7) is 3.85. The molecular weight excluding hydrogens is 304 g/mol. The number of carbonyl (C=O) groups is 1. The number of amides is 1. The molecule has 2 aromatic rings. The van der Waals surface area contributed by atoms with Gasteiger partial charge in [0.25, 0.3) is 0 Å². The zero-order chi connectivity index (χ0) is 16.1. The molecule has 1 amide bonds. The van der Waals surface area contributed by atoms with Gasteiger partial charge in [-0.1, -0.05) is 30.3 Å². The van der Waals surface area contributed by atoms with Crippen LogP contribution in [0.2, 0.25) is 0 Å². The molecule has 1 aliphatic heterocycles. The Kier molecular flexibility index (Phi) is 5.34. The van der Waals surface area contributed by atoms with Gasteiger partial charge in [0.15, 0.2) is 0 Å². The molecule has 0 saturated carbocycles. The van der Waals surface area contributed by atoms with E-state index in [4.69, 9.17) is 0 Å². The van der Waals surface area contributed by atoms with Gasteiger partial charge in [0, 0.05) is 36.5 Å². The van der Waals surface area contributed by atoms with Crippen molar-refractivity contribution in [2.24, 2.45) is 0 Å². The number of hydrogen-bond acceptors (Lipinski definition) is 3. The first kappa shape index (κ1) is 16.1. The molecule has 1 aromatic carbocycles. The van der Waals surface area contributed by atoms with Crippen LogP contribution in [0.25, 0.3) is 0 Å². The Morgan fingerprint density at radius 2 is 2.13 bits per heavy atom. The second-order valence-electron chi connectivity index (χ2n) is 5.92. The first-order valence-corrected chi connectivity index (χ1v) is 9.13. The molecule has 0 unspecified atom stereocenters. The van der Waals surface area contributed by atoms with Crippen molar-refractivity contribution in [1.82, 2.24) is 9.88 Å². The zero-order valence-electron chi connectivity index (χ0n) is 13.4. The number of nitrogens with zero attached hydrogens (tertiary/aromatic N) is 2. The minimum Gasteiger partial charge on any atom is -0.342 e. The molecule has 1 fully saturated rings. The monoisotopic (exact) mass is 326 g/mol. The van der Waals surface area contributed by atoms with Crippen LogP contribution in [0, 0.1) is 6.92 Å². The molecule has 1 atom stereocenters. The van der Waals surface area contributed by atoms with Crippen molar-refractivity contribution in [2.75, 3.05) is 18.8 Å². The minimum atomic E-state index is 0.212. The summed E-state index contributed by atoms with van der Waals surface area (Å²) in [6.07, 6.45) is 4.99. The average Bonchev–Trinajstić information content (AvgIpc) is 2.82. The van der Waals surface area contributed by atoms with Crippen LogP contribution in [0.5, 0.6) is 0 Å². The number of aromatic nitrogens is 1. The molecule has 1 saturated heterocycles. The third-order valence-corrected chi connectivity index (χ3v) is 5.62. The van der Waals surface area contributed by atoms with Gasteiger partial charge in [0.05, 0.1) is 6.42 Å². The van der Waals surface area contributed by atoms with Crippen LogP contribution < -0.4 is 0 Å². The van der Waals surface area contributed by atoms with E-state index >= 15 is 0 Å². The van der Waals surface area contributed by atoms with Gasteiger partial charge in [-0.15, -0.1) is 0 Å². The second kappa shape index (κ2) is 7.64. The molecule has 0 radical (unpaired) electrons. The van der Waals surface area contributed by atoms with Crippen molar-refractivity contribution < 1.29 is 4.79 Å². The zero-order valence-corrected chi connectivity index (χ0v) is 14.3. The quantitative estimate of drug-likeness (QED) is 0.863.